The maximum absolute atomic E-state index is 12.8. The van der Waals surface area contributed by atoms with Gasteiger partial charge in [0.25, 0.3) is 15.9 Å². The molecule has 1 aromatic heterocycles. The van der Waals surface area contributed by atoms with E-state index in [9.17, 15) is 13.2 Å². The van der Waals surface area contributed by atoms with Crippen molar-refractivity contribution >= 4 is 27.3 Å². The molecule has 168 valence electrons. The van der Waals surface area contributed by atoms with Crippen molar-refractivity contribution in [2.45, 2.75) is 25.7 Å². The molecule has 7 nitrogen and oxygen atoms in total. The fourth-order valence-corrected chi connectivity index (χ4v) is 4.45. The zero-order valence-electron chi connectivity index (χ0n) is 18.5. The van der Waals surface area contributed by atoms with Gasteiger partial charge in [-0.25, -0.2) is 13.1 Å². The largest absolute Gasteiger partial charge is 0.322 e. The molecule has 2 N–H and O–H groups in total. The highest BCUT2D eigenvalue weighted by Gasteiger charge is 2.17. The van der Waals surface area contributed by atoms with E-state index in [1.807, 2.05) is 57.2 Å². The molecule has 0 fully saturated rings. The first-order chi connectivity index (χ1) is 15.7. The van der Waals surface area contributed by atoms with E-state index in [-0.39, 0.29) is 10.8 Å². The highest BCUT2D eigenvalue weighted by atomic mass is 32.2. The van der Waals surface area contributed by atoms with Crippen molar-refractivity contribution in [3.63, 3.8) is 0 Å². The van der Waals surface area contributed by atoms with Crippen molar-refractivity contribution in [1.82, 2.24) is 9.78 Å². The number of benzene rings is 3. The third kappa shape index (κ3) is 4.80. The zero-order chi connectivity index (χ0) is 23.6. The summed E-state index contributed by atoms with van der Waals surface area (Å²) in [5.74, 6) is -0.321. The molecule has 8 heteroatoms. The van der Waals surface area contributed by atoms with Crippen molar-refractivity contribution in [3.8, 4) is 5.69 Å². The molecule has 0 spiro atoms. The van der Waals surface area contributed by atoms with E-state index in [1.165, 1.54) is 18.3 Å². The minimum absolute atomic E-state index is 0.104. The Morgan fingerprint density at radius 3 is 2.18 bits per heavy atom. The van der Waals surface area contributed by atoms with Crippen LogP contribution in [0.25, 0.3) is 5.69 Å². The molecule has 4 rings (SSSR count). The van der Waals surface area contributed by atoms with Gasteiger partial charge in [-0.2, -0.15) is 5.10 Å². The molecule has 0 unspecified atom stereocenters. The monoisotopic (exact) mass is 460 g/mol. The van der Waals surface area contributed by atoms with Crippen molar-refractivity contribution in [2.75, 3.05) is 10.0 Å². The smallest absolute Gasteiger partial charge is 0.261 e. The molecule has 33 heavy (non-hydrogen) atoms. The molecule has 3 aromatic carbocycles. The third-order valence-electron chi connectivity index (χ3n) is 5.44. The minimum atomic E-state index is -3.75. The Hall–Kier alpha value is -3.91. The fourth-order valence-electron chi connectivity index (χ4n) is 3.40. The molecule has 4 aromatic rings. The summed E-state index contributed by atoms with van der Waals surface area (Å²) in [7, 11) is -3.75. The molecular formula is C25H24N4O3S. The molecule has 1 heterocycles. The van der Waals surface area contributed by atoms with Gasteiger partial charge in [-0.15, -0.1) is 0 Å². The first-order valence-electron chi connectivity index (χ1n) is 10.4. The fraction of sp³-hybridized carbons (Fsp3) is 0.120. The van der Waals surface area contributed by atoms with Gasteiger partial charge in [-0.1, -0.05) is 24.3 Å². The number of nitrogens with one attached hydrogen (secondary N) is 2. The number of para-hydroxylation sites is 1. The molecule has 0 radical (unpaired) electrons. The summed E-state index contributed by atoms with van der Waals surface area (Å²) >= 11 is 0. The van der Waals surface area contributed by atoms with Gasteiger partial charge in [-0.3, -0.25) is 9.52 Å². The summed E-state index contributed by atoms with van der Waals surface area (Å²) in [5.41, 5.74) is 5.07. The van der Waals surface area contributed by atoms with Crippen LogP contribution in [0.2, 0.25) is 0 Å². The predicted molar refractivity (Wildman–Crippen MR) is 129 cm³/mol. The van der Waals surface area contributed by atoms with E-state index in [1.54, 1.807) is 28.9 Å². The Balaban J connectivity index is 1.48. The Labute approximate surface area is 193 Å². The SMILES string of the molecule is Cc1ccc(NS(=O)(=O)c2ccc(NC(=O)c3cnn(-c4ccccc4)c3C)cc2)cc1C. The first kappa shape index (κ1) is 22.3. The van der Waals surface area contributed by atoms with Crippen LogP contribution >= 0.6 is 0 Å². The lowest BCUT2D eigenvalue weighted by atomic mass is 10.1. The number of anilines is 2. The van der Waals surface area contributed by atoms with E-state index in [2.05, 4.69) is 15.1 Å². The summed E-state index contributed by atoms with van der Waals surface area (Å²) in [6.07, 6.45) is 1.52. The minimum Gasteiger partial charge on any atom is -0.322 e. The standard InChI is InChI=1S/C25H24N4O3S/c1-17-9-10-21(15-18(17)2)28-33(31,32)23-13-11-20(12-14-23)27-25(30)24-16-26-29(19(24)3)22-7-5-4-6-8-22/h4-16,28H,1-3H3,(H,27,30). The van der Waals surface area contributed by atoms with Crippen molar-refractivity contribution in [2.24, 2.45) is 0 Å². The molecule has 0 bridgehead atoms. The van der Waals surface area contributed by atoms with Crippen LogP contribution < -0.4 is 10.0 Å². The van der Waals surface area contributed by atoms with E-state index in [0.717, 1.165) is 16.8 Å². The van der Waals surface area contributed by atoms with Crippen LogP contribution in [-0.4, -0.2) is 24.1 Å². The Morgan fingerprint density at radius 2 is 1.52 bits per heavy atom. The molecular weight excluding hydrogens is 436 g/mol. The van der Waals surface area contributed by atoms with Gasteiger partial charge in [0.1, 0.15) is 0 Å². The third-order valence-corrected chi connectivity index (χ3v) is 6.83. The molecule has 0 aliphatic heterocycles. The van der Waals surface area contributed by atoms with Gasteiger partial charge in [0.05, 0.1) is 28.0 Å². The Kier molecular flexibility index (Phi) is 6.02. The number of hydrogen-bond donors (Lipinski definition) is 2. The molecule has 0 saturated carbocycles. The van der Waals surface area contributed by atoms with Gasteiger partial charge in [0.15, 0.2) is 0 Å². The van der Waals surface area contributed by atoms with Gasteiger partial charge in [-0.05, 0) is 80.4 Å². The van der Waals surface area contributed by atoms with Crippen LogP contribution in [0, 0.1) is 20.8 Å². The van der Waals surface area contributed by atoms with Crippen LogP contribution in [0.1, 0.15) is 27.2 Å². The molecule has 0 aliphatic rings. The van der Waals surface area contributed by atoms with Gasteiger partial charge in [0.2, 0.25) is 0 Å². The lowest BCUT2D eigenvalue weighted by Gasteiger charge is -2.11. The second-order valence-electron chi connectivity index (χ2n) is 7.77. The number of hydrogen-bond acceptors (Lipinski definition) is 4. The van der Waals surface area contributed by atoms with Crippen LogP contribution in [0.5, 0.6) is 0 Å². The van der Waals surface area contributed by atoms with Crippen LogP contribution in [0.15, 0.2) is 83.9 Å². The second-order valence-corrected chi connectivity index (χ2v) is 9.46. The Morgan fingerprint density at radius 1 is 0.848 bits per heavy atom. The number of amides is 1. The van der Waals surface area contributed by atoms with Gasteiger partial charge in [0, 0.05) is 11.4 Å². The van der Waals surface area contributed by atoms with E-state index >= 15 is 0 Å². The summed E-state index contributed by atoms with van der Waals surface area (Å²) in [6, 6.07) is 21.0. The summed E-state index contributed by atoms with van der Waals surface area (Å²) < 4.78 is 29.7. The summed E-state index contributed by atoms with van der Waals surface area (Å²) in [5, 5.41) is 7.11. The number of rotatable bonds is 6. The lowest BCUT2D eigenvalue weighted by Crippen LogP contribution is -2.15. The van der Waals surface area contributed by atoms with E-state index in [0.29, 0.717) is 22.6 Å². The quantitative estimate of drug-likeness (QED) is 0.430. The number of aryl methyl sites for hydroxylation is 2. The number of nitrogens with zero attached hydrogens (tertiary/aromatic N) is 2. The van der Waals surface area contributed by atoms with Crippen molar-refractivity contribution in [3.05, 3.63) is 101 Å². The highest BCUT2D eigenvalue weighted by molar-refractivity contribution is 7.92. The average molecular weight is 461 g/mol. The van der Waals surface area contributed by atoms with E-state index < -0.39 is 10.0 Å². The zero-order valence-corrected chi connectivity index (χ0v) is 19.3. The normalized spacial score (nSPS) is 11.2. The van der Waals surface area contributed by atoms with Crippen LogP contribution in [-0.2, 0) is 10.0 Å². The van der Waals surface area contributed by atoms with Crippen molar-refractivity contribution < 1.29 is 13.2 Å². The molecule has 0 atom stereocenters. The number of aromatic nitrogens is 2. The average Bonchev–Trinajstić information content (AvgIpc) is 3.18. The van der Waals surface area contributed by atoms with Crippen molar-refractivity contribution in [1.29, 1.82) is 0 Å². The van der Waals surface area contributed by atoms with Gasteiger partial charge < -0.3 is 5.32 Å². The molecule has 0 aliphatic carbocycles. The maximum Gasteiger partial charge on any atom is 0.261 e. The lowest BCUT2D eigenvalue weighted by molar-refractivity contribution is 0.102. The first-order valence-corrected chi connectivity index (χ1v) is 11.8. The topological polar surface area (TPSA) is 93.1 Å². The summed E-state index contributed by atoms with van der Waals surface area (Å²) in [6.45, 7) is 5.72. The number of carbonyl (C=O) groups excluding carboxylic acids is 1. The molecule has 1 amide bonds. The Bertz CT molecular complexity index is 1410. The van der Waals surface area contributed by atoms with E-state index in [4.69, 9.17) is 0 Å². The van der Waals surface area contributed by atoms with Crippen LogP contribution in [0.3, 0.4) is 0 Å². The van der Waals surface area contributed by atoms with Gasteiger partial charge >= 0.3 is 0 Å². The number of sulfonamides is 1. The second kappa shape index (κ2) is 8.91. The predicted octanol–water partition coefficient (Wildman–Crippen LogP) is 4.85. The summed E-state index contributed by atoms with van der Waals surface area (Å²) in [4.78, 5) is 12.9. The number of carbonyl (C=O) groups is 1. The molecule has 0 saturated heterocycles. The van der Waals surface area contributed by atoms with Crippen LogP contribution in [0.4, 0.5) is 11.4 Å². The highest BCUT2D eigenvalue weighted by Crippen LogP contribution is 2.21. The maximum atomic E-state index is 12.8.